The van der Waals surface area contributed by atoms with Crippen molar-refractivity contribution in [3.63, 3.8) is 0 Å². The quantitative estimate of drug-likeness (QED) is 0.290. The molecular formula is C30H42O4S. The van der Waals surface area contributed by atoms with Crippen molar-refractivity contribution in [2.75, 3.05) is 13.7 Å². The van der Waals surface area contributed by atoms with Crippen LogP contribution in [0, 0.1) is 41.4 Å². The Morgan fingerprint density at radius 3 is 2.54 bits per heavy atom. The number of ether oxygens (including phenoxy) is 1. The lowest BCUT2D eigenvalue weighted by Crippen LogP contribution is -2.38. The van der Waals surface area contributed by atoms with E-state index < -0.39 is 10.1 Å². The molecule has 4 nitrogen and oxygen atoms in total. The molecule has 1 aromatic carbocycles. The maximum absolute atomic E-state index is 12.8. The number of aryl methyl sites for hydroxylation is 1. The van der Waals surface area contributed by atoms with Gasteiger partial charge in [-0.2, -0.15) is 8.42 Å². The fourth-order valence-corrected chi connectivity index (χ4v) is 9.19. The summed E-state index contributed by atoms with van der Waals surface area (Å²) in [5, 5.41) is 0. The molecular weight excluding hydrogens is 456 g/mol. The molecule has 192 valence electrons. The van der Waals surface area contributed by atoms with E-state index in [0.717, 1.165) is 30.7 Å². The topological polar surface area (TPSA) is 52.6 Å². The Kier molecular flexibility index (Phi) is 6.59. The Morgan fingerprint density at radius 2 is 1.91 bits per heavy atom. The first-order valence-electron chi connectivity index (χ1n) is 13.5. The fraction of sp³-hybridized carbons (Fsp3) is 0.667. The van der Waals surface area contributed by atoms with Gasteiger partial charge >= 0.3 is 0 Å². The molecule has 0 heterocycles. The van der Waals surface area contributed by atoms with Crippen LogP contribution in [0.5, 0.6) is 0 Å². The molecule has 0 bridgehead atoms. The summed E-state index contributed by atoms with van der Waals surface area (Å²) in [6, 6.07) is 6.90. The van der Waals surface area contributed by atoms with Crippen LogP contribution in [0.2, 0.25) is 0 Å². The number of hydrogen-bond donors (Lipinski definition) is 0. The van der Waals surface area contributed by atoms with Crippen molar-refractivity contribution in [3.8, 4) is 0 Å². The highest BCUT2D eigenvalue weighted by atomic mass is 32.2. The van der Waals surface area contributed by atoms with Crippen molar-refractivity contribution in [1.82, 2.24) is 0 Å². The summed E-state index contributed by atoms with van der Waals surface area (Å²) in [4.78, 5) is 0.241. The second-order valence-electron chi connectivity index (χ2n) is 12.1. The van der Waals surface area contributed by atoms with Gasteiger partial charge in [-0.25, -0.2) is 0 Å². The Balaban J connectivity index is 1.29. The minimum Gasteiger partial charge on any atom is -0.376 e. The highest BCUT2D eigenvalue weighted by Gasteiger charge is 2.63. The summed E-state index contributed by atoms with van der Waals surface area (Å²) in [6.45, 7) is 11.2. The van der Waals surface area contributed by atoms with Gasteiger partial charge in [-0.3, -0.25) is 4.18 Å². The number of methoxy groups -OCH3 is 1. The summed E-state index contributed by atoms with van der Waals surface area (Å²) in [5.41, 5.74) is 4.39. The lowest BCUT2D eigenvalue weighted by atomic mass is 9.61. The van der Waals surface area contributed by atoms with Crippen LogP contribution in [0.3, 0.4) is 0 Å². The molecule has 6 unspecified atom stereocenters. The van der Waals surface area contributed by atoms with Crippen molar-refractivity contribution in [1.29, 1.82) is 0 Å². The highest BCUT2D eigenvalue weighted by molar-refractivity contribution is 7.86. The molecule has 1 aromatic rings. The summed E-state index contributed by atoms with van der Waals surface area (Å²) in [7, 11) is -1.87. The molecule has 0 radical (unpaired) electrons. The van der Waals surface area contributed by atoms with Crippen LogP contribution in [-0.2, 0) is 19.0 Å². The Hall–Kier alpha value is -1.43. The Morgan fingerprint density at radius 1 is 1.17 bits per heavy atom. The first kappa shape index (κ1) is 25.2. The van der Waals surface area contributed by atoms with Gasteiger partial charge in [0.2, 0.25) is 0 Å². The lowest BCUT2D eigenvalue weighted by Gasteiger charge is -2.44. The molecule has 4 aliphatic rings. The van der Waals surface area contributed by atoms with Crippen LogP contribution >= 0.6 is 0 Å². The zero-order chi connectivity index (χ0) is 25.0. The molecule has 0 aromatic heterocycles. The lowest BCUT2D eigenvalue weighted by molar-refractivity contribution is 0.0691. The number of fused-ring (bicyclic) bond motifs is 2. The second-order valence-corrected chi connectivity index (χ2v) is 13.7. The van der Waals surface area contributed by atoms with Gasteiger partial charge in [0.05, 0.1) is 17.6 Å². The fourth-order valence-electron chi connectivity index (χ4n) is 8.19. The third-order valence-electron chi connectivity index (χ3n) is 10.3. The maximum Gasteiger partial charge on any atom is 0.296 e. The summed E-state index contributed by atoms with van der Waals surface area (Å²) in [6.07, 6.45) is 12.2. The molecule has 4 aliphatic carbocycles. The molecule has 5 rings (SSSR count). The monoisotopic (exact) mass is 498 g/mol. The highest BCUT2D eigenvalue weighted by Crippen LogP contribution is 2.69. The predicted molar refractivity (Wildman–Crippen MR) is 139 cm³/mol. The molecule has 35 heavy (non-hydrogen) atoms. The number of hydrogen-bond acceptors (Lipinski definition) is 4. The van der Waals surface area contributed by atoms with Crippen molar-refractivity contribution in [2.24, 2.45) is 34.5 Å². The van der Waals surface area contributed by atoms with Crippen LogP contribution in [0.25, 0.3) is 0 Å². The zero-order valence-corrected chi connectivity index (χ0v) is 22.7. The molecule has 4 saturated carbocycles. The first-order valence-corrected chi connectivity index (χ1v) is 14.9. The van der Waals surface area contributed by atoms with E-state index in [0.29, 0.717) is 11.8 Å². The van der Waals surface area contributed by atoms with Gasteiger partial charge in [-0.15, -0.1) is 0 Å². The second kappa shape index (κ2) is 9.15. The molecule has 4 fully saturated rings. The van der Waals surface area contributed by atoms with E-state index in [1.54, 1.807) is 17.7 Å². The zero-order valence-electron chi connectivity index (χ0n) is 21.9. The number of benzene rings is 1. The third kappa shape index (κ3) is 4.26. The van der Waals surface area contributed by atoms with Crippen molar-refractivity contribution in [2.45, 2.75) is 83.1 Å². The van der Waals surface area contributed by atoms with E-state index in [1.165, 1.54) is 37.7 Å². The molecule has 0 spiro atoms. The van der Waals surface area contributed by atoms with E-state index in [-0.39, 0.29) is 34.4 Å². The van der Waals surface area contributed by atoms with Gasteiger partial charge in [-0.05, 0) is 99.5 Å². The van der Waals surface area contributed by atoms with E-state index in [2.05, 4.69) is 26.5 Å². The molecule has 7 atom stereocenters. The van der Waals surface area contributed by atoms with Crippen molar-refractivity contribution in [3.05, 3.63) is 53.6 Å². The number of rotatable bonds is 8. The normalized spacial score (nSPS) is 37.2. The van der Waals surface area contributed by atoms with E-state index >= 15 is 0 Å². The smallest absolute Gasteiger partial charge is 0.296 e. The molecule has 5 heteroatoms. The SMILES string of the molecule is C=C1CCC2CC12C(/C=C1\CCCC2(C)C1CCC2[C@H](C)COS(=O)(=O)c1ccc(C)cc1)OC. The van der Waals surface area contributed by atoms with Gasteiger partial charge in [0.25, 0.3) is 10.1 Å². The van der Waals surface area contributed by atoms with Crippen LogP contribution in [0.4, 0.5) is 0 Å². The molecule has 0 aliphatic heterocycles. The van der Waals surface area contributed by atoms with Gasteiger partial charge in [0, 0.05) is 12.5 Å². The van der Waals surface area contributed by atoms with E-state index in [1.807, 2.05) is 26.2 Å². The number of allylic oxidation sites excluding steroid dienone is 1. The molecule has 0 amide bonds. The molecule has 0 saturated heterocycles. The maximum atomic E-state index is 12.8. The average Bonchev–Trinajstić information content (AvgIpc) is 3.33. The third-order valence-corrected chi connectivity index (χ3v) is 11.5. The van der Waals surface area contributed by atoms with Gasteiger partial charge in [0.1, 0.15) is 0 Å². The minimum atomic E-state index is -3.73. The summed E-state index contributed by atoms with van der Waals surface area (Å²) < 4.78 is 37.2. The van der Waals surface area contributed by atoms with Gasteiger partial charge < -0.3 is 4.74 Å². The standard InChI is InChI=1S/C30H42O4S/c1-20-8-12-25(13-9-20)35(31,32)34-19-21(2)26-14-15-27-23(7-6-16-29(26,27)4)17-28(33-5)30-18-24(30)11-10-22(30)3/h8-9,12-13,17,21,24,26-28H,3,6-7,10-11,14-16,18-19H2,1-2,4-5H3/b23-17+/t21-,24?,26?,27?,28?,29?,30?/m1/s1. The van der Waals surface area contributed by atoms with Crippen molar-refractivity contribution >= 4 is 10.1 Å². The summed E-state index contributed by atoms with van der Waals surface area (Å²) >= 11 is 0. The Labute approximate surface area is 212 Å². The Bertz CT molecular complexity index is 1100. The van der Waals surface area contributed by atoms with E-state index in [9.17, 15) is 8.42 Å². The predicted octanol–water partition coefficient (Wildman–Crippen LogP) is 6.85. The largest absolute Gasteiger partial charge is 0.376 e. The average molecular weight is 499 g/mol. The first-order chi connectivity index (χ1) is 16.6. The molecule has 0 N–H and O–H groups in total. The van der Waals surface area contributed by atoms with Crippen LogP contribution in [0.1, 0.15) is 70.8 Å². The van der Waals surface area contributed by atoms with E-state index in [4.69, 9.17) is 8.92 Å². The van der Waals surface area contributed by atoms with Crippen LogP contribution < -0.4 is 0 Å². The van der Waals surface area contributed by atoms with Crippen molar-refractivity contribution < 1.29 is 17.3 Å². The van der Waals surface area contributed by atoms with Crippen LogP contribution in [0.15, 0.2) is 53.0 Å². The summed E-state index contributed by atoms with van der Waals surface area (Å²) in [5.74, 6) is 1.96. The van der Waals surface area contributed by atoms with Crippen LogP contribution in [-0.4, -0.2) is 28.2 Å². The minimum absolute atomic E-state index is 0.152. The van der Waals surface area contributed by atoms with Gasteiger partial charge in [-0.1, -0.05) is 55.3 Å². The van der Waals surface area contributed by atoms with Gasteiger partial charge in [0.15, 0.2) is 0 Å².